The molecule has 3 aromatic carbocycles. The predicted octanol–water partition coefficient (Wildman–Crippen LogP) is 6.18. The van der Waals surface area contributed by atoms with E-state index in [0.29, 0.717) is 12.8 Å². The van der Waals surface area contributed by atoms with Gasteiger partial charge in [0.2, 0.25) is 0 Å². The van der Waals surface area contributed by atoms with Crippen molar-refractivity contribution in [1.82, 2.24) is 0 Å². The van der Waals surface area contributed by atoms with Crippen molar-refractivity contribution in [1.29, 1.82) is 0 Å². The molecule has 0 unspecified atom stereocenters. The lowest BCUT2D eigenvalue weighted by atomic mass is 10.2. The number of rotatable bonds is 16. The highest BCUT2D eigenvalue weighted by atomic mass is 19.1. The zero-order valence-electron chi connectivity index (χ0n) is 25.3. The van der Waals surface area contributed by atoms with E-state index in [1.807, 2.05) is 0 Å². The van der Waals surface area contributed by atoms with E-state index in [2.05, 4.69) is 13.2 Å². The van der Waals surface area contributed by atoms with Crippen LogP contribution in [0.4, 0.5) is 8.78 Å². The summed E-state index contributed by atoms with van der Waals surface area (Å²) < 4.78 is 60.3. The number of hydrogen-bond donors (Lipinski definition) is 0. The first kappa shape index (κ1) is 35.0. The maximum absolute atomic E-state index is 14.6. The number of carbonyl (C=O) groups is 4. The molecule has 0 amide bonds. The number of benzene rings is 3. The van der Waals surface area contributed by atoms with Gasteiger partial charge in [0, 0.05) is 36.1 Å². The minimum absolute atomic E-state index is 0.0379. The Morgan fingerprint density at radius 1 is 0.565 bits per heavy atom. The minimum atomic E-state index is -0.974. The average molecular weight is 639 g/mol. The molecule has 12 heteroatoms. The fraction of sp³-hybridized carbons (Fsp3) is 0.235. The molecular formula is C34H32F2O10. The molecule has 0 spiro atoms. The predicted molar refractivity (Wildman–Crippen MR) is 161 cm³/mol. The first-order valence-corrected chi connectivity index (χ1v) is 14.0. The summed E-state index contributed by atoms with van der Waals surface area (Å²) in [5, 5.41) is 0. The number of esters is 4. The van der Waals surface area contributed by atoms with E-state index < -0.39 is 35.5 Å². The molecule has 242 valence electrons. The van der Waals surface area contributed by atoms with Gasteiger partial charge in [-0.15, -0.1) is 0 Å². The van der Waals surface area contributed by atoms with Crippen molar-refractivity contribution >= 4 is 23.9 Å². The van der Waals surface area contributed by atoms with E-state index in [1.165, 1.54) is 62.4 Å². The van der Waals surface area contributed by atoms with Gasteiger partial charge in [-0.2, -0.15) is 0 Å². The van der Waals surface area contributed by atoms with E-state index in [4.69, 9.17) is 28.4 Å². The first-order chi connectivity index (χ1) is 21.9. The van der Waals surface area contributed by atoms with Crippen LogP contribution in [-0.2, 0) is 19.1 Å². The quantitative estimate of drug-likeness (QED) is 0.0778. The Kier molecular flexibility index (Phi) is 13.0. The fourth-order valence-electron chi connectivity index (χ4n) is 3.48. The lowest BCUT2D eigenvalue weighted by Gasteiger charge is -2.10. The summed E-state index contributed by atoms with van der Waals surface area (Å²) in [5.74, 6) is -4.30. The van der Waals surface area contributed by atoms with Crippen molar-refractivity contribution in [2.75, 3.05) is 26.4 Å². The molecule has 10 nitrogen and oxygen atoms in total. The molecule has 0 N–H and O–H groups in total. The first-order valence-electron chi connectivity index (χ1n) is 14.0. The van der Waals surface area contributed by atoms with Gasteiger partial charge in [-0.3, -0.25) is 0 Å². The fourth-order valence-corrected chi connectivity index (χ4v) is 3.48. The zero-order valence-corrected chi connectivity index (χ0v) is 25.3. The molecular weight excluding hydrogens is 606 g/mol. The van der Waals surface area contributed by atoms with E-state index in [9.17, 15) is 28.0 Å². The molecule has 46 heavy (non-hydrogen) atoms. The summed E-state index contributed by atoms with van der Waals surface area (Å²) in [6.07, 6.45) is 0.732. The molecule has 0 aliphatic carbocycles. The maximum Gasteiger partial charge on any atom is 0.346 e. The van der Waals surface area contributed by atoms with Crippen molar-refractivity contribution in [3.05, 3.63) is 108 Å². The Morgan fingerprint density at radius 3 is 1.24 bits per heavy atom. The van der Waals surface area contributed by atoms with Crippen LogP contribution >= 0.6 is 0 Å². The van der Waals surface area contributed by atoms with Gasteiger partial charge in [0.15, 0.2) is 0 Å². The Balaban J connectivity index is 1.46. The Bertz CT molecular complexity index is 1480. The topological polar surface area (TPSA) is 124 Å². The van der Waals surface area contributed by atoms with Crippen LogP contribution in [0.3, 0.4) is 0 Å². The smallest absolute Gasteiger partial charge is 0.346 e. The summed E-state index contributed by atoms with van der Waals surface area (Å²) in [6, 6.07) is 12.5. The van der Waals surface area contributed by atoms with Crippen molar-refractivity contribution in [2.24, 2.45) is 0 Å². The third-order valence-electron chi connectivity index (χ3n) is 5.84. The second-order valence-corrected chi connectivity index (χ2v) is 9.77. The normalized spacial score (nSPS) is 10.3. The number of carbonyl (C=O) groups excluding carboxylic acids is 4. The van der Waals surface area contributed by atoms with E-state index in [-0.39, 0.29) is 71.7 Å². The highest BCUT2D eigenvalue weighted by Crippen LogP contribution is 2.23. The minimum Gasteiger partial charge on any atom is -0.493 e. The van der Waals surface area contributed by atoms with E-state index in [0.717, 1.165) is 12.1 Å². The Labute approximate surface area is 264 Å². The SMILES string of the molecule is C=C(C)C(=O)OCCCOc1ccc(C(=O)Oc2ccc(OC(=O)c3ccc(OCCCOC(=O)C(=C)C)cc3F)cc2)c(F)c1. The molecule has 0 heterocycles. The molecule has 0 aromatic heterocycles. The second kappa shape index (κ2) is 17.1. The Morgan fingerprint density at radius 2 is 0.913 bits per heavy atom. The third kappa shape index (κ3) is 10.9. The van der Waals surface area contributed by atoms with Crippen LogP contribution in [0, 0.1) is 11.6 Å². The summed E-state index contributed by atoms with van der Waals surface area (Å²) in [5.41, 5.74) is -0.122. The number of hydrogen-bond acceptors (Lipinski definition) is 10. The molecule has 0 bridgehead atoms. The van der Waals surface area contributed by atoms with Gasteiger partial charge in [0.1, 0.15) is 34.6 Å². The Hall–Kier alpha value is -5.52. The molecule has 0 saturated heterocycles. The summed E-state index contributed by atoms with van der Waals surface area (Å²) in [7, 11) is 0. The molecule has 3 rings (SSSR count). The lowest BCUT2D eigenvalue weighted by Crippen LogP contribution is -2.12. The molecule has 0 fully saturated rings. The molecule has 0 atom stereocenters. The van der Waals surface area contributed by atoms with Crippen molar-refractivity contribution in [3.8, 4) is 23.0 Å². The summed E-state index contributed by atoms with van der Waals surface area (Å²) in [6.45, 7) is 10.5. The molecule has 0 aliphatic rings. The van der Waals surface area contributed by atoms with Crippen molar-refractivity contribution in [2.45, 2.75) is 26.7 Å². The van der Waals surface area contributed by atoms with E-state index >= 15 is 0 Å². The van der Waals surface area contributed by atoms with Crippen LogP contribution < -0.4 is 18.9 Å². The molecule has 0 saturated carbocycles. The monoisotopic (exact) mass is 638 g/mol. The summed E-state index contributed by atoms with van der Waals surface area (Å²) in [4.78, 5) is 47.7. The maximum atomic E-state index is 14.6. The molecule has 0 radical (unpaired) electrons. The largest absolute Gasteiger partial charge is 0.493 e. The van der Waals surface area contributed by atoms with Crippen molar-refractivity contribution in [3.63, 3.8) is 0 Å². The van der Waals surface area contributed by atoms with Gasteiger partial charge >= 0.3 is 23.9 Å². The average Bonchev–Trinajstić information content (AvgIpc) is 3.01. The lowest BCUT2D eigenvalue weighted by molar-refractivity contribution is -0.140. The van der Waals surface area contributed by atoms with Gasteiger partial charge in [-0.25, -0.2) is 28.0 Å². The van der Waals surface area contributed by atoms with Gasteiger partial charge in [0.05, 0.1) is 37.6 Å². The second-order valence-electron chi connectivity index (χ2n) is 9.77. The van der Waals surface area contributed by atoms with Crippen LogP contribution in [0.5, 0.6) is 23.0 Å². The zero-order chi connectivity index (χ0) is 33.6. The third-order valence-corrected chi connectivity index (χ3v) is 5.84. The van der Waals surface area contributed by atoms with Crippen LogP contribution in [0.15, 0.2) is 85.0 Å². The van der Waals surface area contributed by atoms with Crippen LogP contribution in [-0.4, -0.2) is 50.3 Å². The van der Waals surface area contributed by atoms with Crippen LogP contribution in [0.1, 0.15) is 47.4 Å². The van der Waals surface area contributed by atoms with Gasteiger partial charge in [0.25, 0.3) is 0 Å². The highest BCUT2D eigenvalue weighted by molar-refractivity contribution is 5.92. The van der Waals surface area contributed by atoms with Crippen molar-refractivity contribution < 1.29 is 56.4 Å². The van der Waals surface area contributed by atoms with Gasteiger partial charge in [-0.1, -0.05) is 13.2 Å². The van der Waals surface area contributed by atoms with Gasteiger partial charge in [-0.05, 0) is 62.4 Å². The standard InChI is InChI=1S/C34H32F2O10/c1-21(2)31(37)43-17-5-15-41-25-11-13-27(29(35)19-25)33(39)45-23-7-9-24(10-8-23)46-34(40)28-14-12-26(20-30(28)36)42-16-6-18-44-32(38)22(3)4/h7-14,19-20H,1,3,5-6,15-18H2,2,4H3. The molecule has 3 aromatic rings. The van der Waals surface area contributed by atoms with Gasteiger partial charge < -0.3 is 28.4 Å². The van der Waals surface area contributed by atoms with Crippen LogP contribution in [0.2, 0.25) is 0 Å². The number of halogens is 2. The highest BCUT2D eigenvalue weighted by Gasteiger charge is 2.18. The summed E-state index contributed by atoms with van der Waals surface area (Å²) >= 11 is 0. The van der Waals surface area contributed by atoms with Crippen LogP contribution in [0.25, 0.3) is 0 Å². The number of ether oxygens (including phenoxy) is 6. The molecule has 0 aliphatic heterocycles. The van der Waals surface area contributed by atoms with E-state index in [1.54, 1.807) is 0 Å².